The number of amidine groups is 1. The topological polar surface area (TPSA) is 41.6 Å². The minimum absolute atomic E-state index is 0.515. The molecule has 74 valence electrons. The molecule has 2 fully saturated rings. The number of piperidine rings is 2. The molecular weight excluding hydrogens is 162 g/mol. The van der Waals surface area contributed by atoms with Crippen molar-refractivity contribution in [2.75, 3.05) is 19.6 Å². The molecule has 2 aliphatic heterocycles. The van der Waals surface area contributed by atoms with Crippen molar-refractivity contribution in [1.29, 1.82) is 0 Å². The van der Waals surface area contributed by atoms with E-state index in [4.69, 9.17) is 5.73 Å². The lowest BCUT2D eigenvalue weighted by molar-refractivity contribution is 0.107. The van der Waals surface area contributed by atoms with E-state index in [0.717, 1.165) is 11.8 Å². The van der Waals surface area contributed by atoms with Crippen LogP contribution in [0.1, 0.15) is 26.2 Å². The van der Waals surface area contributed by atoms with Crippen LogP contribution in [-0.2, 0) is 0 Å². The highest BCUT2D eigenvalue weighted by Crippen LogP contribution is 2.28. The van der Waals surface area contributed by atoms with Crippen LogP contribution >= 0.6 is 0 Å². The quantitative estimate of drug-likeness (QED) is 0.481. The third kappa shape index (κ3) is 2.02. The third-order valence-electron chi connectivity index (χ3n) is 3.20. The van der Waals surface area contributed by atoms with Crippen LogP contribution in [0.25, 0.3) is 0 Å². The van der Waals surface area contributed by atoms with E-state index in [2.05, 4.69) is 9.89 Å². The second-order valence-corrected chi connectivity index (χ2v) is 4.33. The van der Waals surface area contributed by atoms with Gasteiger partial charge in [0.25, 0.3) is 0 Å². The highest BCUT2D eigenvalue weighted by molar-refractivity contribution is 5.77. The number of hydrogen-bond acceptors (Lipinski definition) is 2. The summed E-state index contributed by atoms with van der Waals surface area (Å²) >= 11 is 0. The fourth-order valence-corrected chi connectivity index (χ4v) is 2.59. The highest BCUT2D eigenvalue weighted by atomic mass is 15.2. The predicted molar refractivity (Wildman–Crippen MR) is 54.9 cm³/mol. The summed E-state index contributed by atoms with van der Waals surface area (Å²) in [6.45, 7) is 5.67. The molecule has 2 aliphatic rings. The molecule has 0 spiro atoms. The second-order valence-electron chi connectivity index (χ2n) is 4.33. The van der Waals surface area contributed by atoms with Crippen molar-refractivity contribution >= 4 is 5.84 Å². The van der Waals surface area contributed by atoms with Gasteiger partial charge in [-0.25, -0.2) is 0 Å². The Morgan fingerprint density at radius 3 is 3.00 bits per heavy atom. The monoisotopic (exact) mass is 181 g/mol. The second kappa shape index (κ2) is 3.66. The van der Waals surface area contributed by atoms with Crippen LogP contribution in [0.5, 0.6) is 0 Å². The average molecular weight is 181 g/mol. The molecule has 3 nitrogen and oxygen atoms in total. The normalized spacial score (nSPS) is 40.4. The van der Waals surface area contributed by atoms with Gasteiger partial charge in [0.2, 0.25) is 0 Å². The predicted octanol–water partition coefficient (Wildman–Crippen LogP) is 0.848. The molecule has 3 atom stereocenters. The Bertz CT molecular complexity index is 208. The van der Waals surface area contributed by atoms with Crippen molar-refractivity contribution in [2.45, 2.75) is 32.2 Å². The van der Waals surface area contributed by atoms with Crippen molar-refractivity contribution in [3.05, 3.63) is 0 Å². The van der Waals surface area contributed by atoms with Crippen LogP contribution in [0.3, 0.4) is 0 Å². The summed E-state index contributed by atoms with van der Waals surface area (Å²) in [5.41, 5.74) is 5.63. The number of nitrogens with zero attached hydrogens (tertiary/aromatic N) is 2. The first-order chi connectivity index (χ1) is 6.25. The van der Waals surface area contributed by atoms with E-state index < -0.39 is 0 Å². The van der Waals surface area contributed by atoms with E-state index in [-0.39, 0.29) is 0 Å². The molecule has 2 bridgehead atoms. The molecule has 0 aromatic rings. The Hall–Kier alpha value is -0.570. The maximum atomic E-state index is 5.63. The summed E-state index contributed by atoms with van der Waals surface area (Å²) in [7, 11) is 0. The summed E-state index contributed by atoms with van der Waals surface area (Å²) < 4.78 is 0. The van der Waals surface area contributed by atoms with E-state index in [9.17, 15) is 0 Å². The summed E-state index contributed by atoms with van der Waals surface area (Å²) in [6, 6.07) is 0.515. The van der Waals surface area contributed by atoms with E-state index in [1.54, 1.807) is 0 Å². The van der Waals surface area contributed by atoms with Crippen LogP contribution in [0.15, 0.2) is 4.99 Å². The molecule has 0 aliphatic carbocycles. The van der Waals surface area contributed by atoms with Crippen LogP contribution in [-0.4, -0.2) is 36.4 Å². The van der Waals surface area contributed by atoms with E-state index >= 15 is 0 Å². The van der Waals surface area contributed by atoms with Gasteiger partial charge in [-0.3, -0.25) is 4.99 Å². The van der Waals surface area contributed by atoms with Gasteiger partial charge in [0.05, 0.1) is 11.9 Å². The maximum absolute atomic E-state index is 5.63. The first-order valence-electron chi connectivity index (χ1n) is 5.28. The Balaban J connectivity index is 2.01. The Morgan fingerprint density at radius 1 is 1.38 bits per heavy atom. The number of fused-ring (bicyclic) bond motifs is 2. The molecule has 0 aromatic heterocycles. The largest absolute Gasteiger partial charge is 0.388 e. The van der Waals surface area contributed by atoms with Crippen molar-refractivity contribution < 1.29 is 0 Å². The van der Waals surface area contributed by atoms with Gasteiger partial charge >= 0.3 is 0 Å². The zero-order valence-electron chi connectivity index (χ0n) is 8.37. The molecule has 2 heterocycles. The lowest BCUT2D eigenvalue weighted by Crippen LogP contribution is -2.46. The number of nitrogens with two attached hydrogens (primary N) is 1. The van der Waals surface area contributed by atoms with Gasteiger partial charge in [0, 0.05) is 13.1 Å². The number of hydrogen-bond donors (Lipinski definition) is 1. The van der Waals surface area contributed by atoms with Crippen molar-refractivity contribution in [3.8, 4) is 0 Å². The van der Waals surface area contributed by atoms with Crippen molar-refractivity contribution in [3.63, 3.8) is 0 Å². The number of rotatable bonds is 1. The lowest BCUT2D eigenvalue weighted by atomic mass is 9.85. The van der Waals surface area contributed by atoms with Gasteiger partial charge in [0.15, 0.2) is 0 Å². The molecule has 2 saturated heterocycles. The number of aliphatic imine (C=N–C) groups is 1. The highest BCUT2D eigenvalue weighted by Gasteiger charge is 2.31. The van der Waals surface area contributed by atoms with Crippen molar-refractivity contribution in [1.82, 2.24) is 4.90 Å². The van der Waals surface area contributed by atoms with Gasteiger partial charge < -0.3 is 10.6 Å². The minimum Gasteiger partial charge on any atom is -0.388 e. The fraction of sp³-hybridized carbons (Fsp3) is 0.900. The molecule has 0 saturated carbocycles. The molecule has 3 heteroatoms. The minimum atomic E-state index is 0.515. The summed E-state index contributed by atoms with van der Waals surface area (Å²) in [6.07, 6.45) is 3.90. The molecule has 2 N–H and O–H groups in total. The van der Waals surface area contributed by atoms with E-state index in [0.29, 0.717) is 6.04 Å². The summed E-state index contributed by atoms with van der Waals surface area (Å²) in [4.78, 5) is 7.09. The smallest absolute Gasteiger partial charge is 0.0909 e. The molecular formula is C10H19N3. The van der Waals surface area contributed by atoms with Gasteiger partial charge in [-0.1, -0.05) is 0 Å². The van der Waals surface area contributed by atoms with Gasteiger partial charge in [-0.2, -0.15) is 0 Å². The molecule has 0 radical (unpaired) electrons. The molecule has 3 unspecified atom stereocenters. The van der Waals surface area contributed by atoms with E-state index in [1.165, 1.54) is 38.9 Å². The van der Waals surface area contributed by atoms with Gasteiger partial charge in [0.1, 0.15) is 0 Å². The Labute approximate surface area is 80.0 Å². The SMILES string of the molecule is CC(N)=NC1CCN2CCCC1C2. The van der Waals surface area contributed by atoms with E-state index in [1.807, 2.05) is 6.92 Å². The van der Waals surface area contributed by atoms with Crippen LogP contribution in [0.2, 0.25) is 0 Å². The standard InChI is InChI=1S/C10H19N3/c1-8(11)12-10-4-6-13-5-2-3-9(10)7-13/h9-10H,2-7H2,1H3,(H2,11,12). The third-order valence-corrected chi connectivity index (χ3v) is 3.20. The first kappa shape index (κ1) is 9.00. The molecule has 2 rings (SSSR count). The Morgan fingerprint density at radius 2 is 2.23 bits per heavy atom. The zero-order valence-corrected chi connectivity index (χ0v) is 8.37. The van der Waals surface area contributed by atoms with Crippen LogP contribution in [0, 0.1) is 5.92 Å². The Kier molecular flexibility index (Phi) is 2.54. The zero-order chi connectivity index (χ0) is 9.26. The molecule has 13 heavy (non-hydrogen) atoms. The summed E-state index contributed by atoms with van der Waals surface area (Å²) in [5, 5.41) is 0. The first-order valence-corrected chi connectivity index (χ1v) is 5.28. The van der Waals surface area contributed by atoms with Crippen molar-refractivity contribution in [2.24, 2.45) is 16.6 Å². The van der Waals surface area contributed by atoms with Crippen LogP contribution < -0.4 is 5.73 Å². The van der Waals surface area contributed by atoms with Gasteiger partial charge in [-0.15, -0.1) is 0 Å². The van der Waals surface area contributed by atoms with Gasteiger partial charge in [-0.05, 0) is 38.6 Å². The lowest BCUT2D eigenvalue weighted by Gasteiger charge is -2.41. The molecule has 0 amide bonds. The average Bonchev–Trinajstić information content (AvgIpc) is 2.10. The maximum Gasteiger partial charge on any atom is 0.0909 e. The fourth-order valence-electron chi connectivity index (χ4n) is 2.59. The summed E-state index contributed by atoms with van der Waals surface area (Å²) in [5.74, 6) is 1.53. The molecule has 0 aromatic carbocycles. The van der Waals surface area contributed by atoms with Crippen LogP contribution in [0.4, 0.5) is 0 Å².